The second kappa shape index (κ2) is 6.09. The summed E-state index contributed by atoms with van der Waals surface area (Å²) in [6.07, 6.45) is 2.28. The molecule has 20 heavy (non-hydrogen) atoms. The van der Waals surface area contributed by atoms with E-state index < -0.39 is 0 Å². The summed E-state index contributed by atoms with van der Waals surface area (Å²) in [6, 6.07) is 8.90. The number of aromatic nitrogens is 3. The van der Waals surface area contributed by atoms with Gasteiger partial charge in [0, 0.05) is 28.3 Å². The fourth-order valence-electron chi connectivity index (χ4n) is 2.53. The van der Waals surface area contributed by atoms with Crippen LogP contribution in [0.4, 0.5) is 5.95 Å². The molecule has 0 spiro atoms. The smallest absolute Gasteiger partial charge is 0.245 e. The van der Waals surface area contributed by atoms with Gasteiger partial charge in [-0.05, 0) is 54.6 Å². The highest BCUT2D eigenvalue weighted by Crippen LogP contribution is 2.21. The predicted molar refractivity (Wildman–Crippen MR) is 88.8 cm³/mol. The molecular formula is C14H18IN5. The molecule has 6 heteroatoms. The molecule has 2 N–H and O–H groups in total. The van der Waals surface area contributed by atoms with E-state index in [-0.39, 0.29) is 0 Å². The van der Waals surface area contributed by atoms with Crippen LogP contribution in [0.2, 0.25) is 0 Å². The van der Waals surface area contributed by atoms with Crippen LogP contribution in [0, 0.1) is 3.57 Å². The van der Waals surface area contributed by atoms with Crippen LogP contribution in [0.15, 0.2) is 24.3 Å². The van der Waals surface area contributed by atoms with Crippen LogP contribution in [0.3, 0.4) is 0 Å². The number of piperidine rings is 1. The average Bonchev–Trinajstić information content (AvgIpc) is 2.97. The van der Waals surface area contributed by atoms with Crippen molar-refractivity contribution >= 4 is 28.5 Å². The van der Waals surface area contributed by atoms with E-state index in [4.69, 9.17) is 0 Å². The minimum absolute atomic E-state index is 0.625. The van der Waals surface area contributed by atoms with Crippen LogP contribution in [0.25, 0.3) is 11.4 Å². The molecule has 1 aliphatic heterocycles. The van der Waals surface area contributed by atoms with Crippen molar-refractivity contribution < 1.29 is 0 Å². The summed E-state index contributed by atoms with van der Waals surface area (Å²) in [7, 11) is 2.03. The van der Waals surface area contributed by atoms with Crippen molar-refractivity contribution in [2.24, 2.45) is 0 Å². The maximum atomic E-state index is 4.63. The van der Waals surface area contributed by atoms with Crippen molar-refractivity contribution in [3.63, 3.8) is 0 Å². The SMILES string of the molecule is CNC1CCN(c2n[nH]c(-c3cccc(I)c3)n2)CC1. The van der Waals surface area contributed by atoms with E-state index in [0.29, 0.717) is 6.04 Å². The number of hydrogen-bond donors (Lipinski definition) is 2. The average molecular weight is 383 g/mol. The molecule has 0 atom stereocenters. The van der Waals surface area contributed by atoms with Crippen molar-refractivity contribution in [1.29, 1.82) is 0 Å². The summed E-state index contributed by atoms with van der Waals surface area (Å²) < 4.78 is 1.20. The number of anilines is 1. The van der Waals surface area contributed by atoms with Crippen molar-refractivity contribution in [1.82, 2.24) is 20.5 Å². The normalized spacial score (nSPS) is 16.6. The van der Waals surface area contributed by atoms with E-state index in [1.807, 2.05) is 13.1 Å². The van der Waals surface area contributed by atoms with Gasteiger partial charge in [0.2, 0.25) is 5.95 Å². The van der Waals surface area contributed by atoms with E-state index >= 15 is 0 Å². The van der Waals surface area contributed by atoms with E-state index in [1.165, 1.54) is 3.57 Å². The minimum Gasteiger partial charge on any atom is -0.339 e. The lowest BCUT2D eigenvalue weighted by atomic mass is 10.1. The Kier molecular flexibility index (Phi) is 4.21. The molecule has 1 aromatic carbocycles. The molecule has 0 saturated carbocycles. The maximum Gasteiger partial charge on any atom is 0.245 e. The minimum atomic E-state index is 0.625. The number of benzene rings is 1. The summed E-state index contributed by atoms with van der Waals surface area (Å²) in [5, 5.41) is 10.8. The first-order chi connectivity index (χ1) is 9.76. The highest BCUT2D eigenvalue weighted by atomic mass is 127. The number of hydrogen-bond acceptors (Lipinski definition) is 4. The van der Waals surface area contributed by atoms with Crippen molar-refractivity contribution in [3.05, 3.63) is 27.8 Å². The standard InChI is InChI=1S/C14H18IN5/c1-16-12-5-7-20(8-6-12)14-17-13(18-19-14)10-3-2-4-11(15)9-10/h2-4,9,12,16H,5-8H2,1H3,(H,17,18,19). The molecular weight excluding hydrogens is 365 g/mol. The van der Waals surface area contributed by atoms with Gasteiger partial charge in [-0.3, -0.25) is 5.10 Å². The highest BCUT2D eigenvalue weighted by molar-refractivity contribution is 14.1. The molecule has 0 unspecified atom stereocenters. The molecule has 2 heterocycles. The van der Waals surface area contributed by atoms with Crippen LogP contribution < -0.4 is 10.2 Å². The fraction of sp³-hybridized carbons (Fsp3) is 0.429. The molecule has 1 fully saturated rings. The van der Waals surface area contributed by atoms with Crippen molar-refractivity contribution in [2.75, 3.05) is 25.0 Å². The Balaban J connectivity index is 1.74. The van der Waals surface area contributed by atoms with E-state index in [1.54, 1.807) is 0 Å². The molecule has 1 aromatic heterocycles. The summed E-state index contributed by atoms with van der Waals surface area (Å²) in [5.41, 5.74) is 1.08. The van der Waals surface area contributed by atoms with Gasteiger partial charge in [-0.25, -0.2) is 0 Å². The van der Waals surface area contributed by atoms with Gasteiger partial charge in [0.1, 0.15) is 0 Å². The first-order valence-corrected chi connectivity index (χ1v) is 7.94. The van der Waals surface area contributed by atoms with Gasteiger partial charge in [0.25, 0.3) is 0 Å². The van der Waals surface area contributed by atoms with Gasteiger partial charge in [-0.15, -0.1) is 5.10 Å². The van der Waals surface area contributed by atoms with Crippen molar-refractivity contribution in [2.45, 2.75) is 18.9 Å². The van der Waals surface area contributed by atoms with Crippen LogP contribution in [-0.2, 0) is 0 Å². The topological polar surface area (TPSA) is 56.8 Å². The third-order valence-corrected chi connectivity index (χ3v) is 4.43. The number of rotatable bonds is 3. The number of H-pyrrole nitrogens is 1. The van der Waals surface area contributed by atoms with Crippen LogP contribution in [0.1, 0.15) is 12.8 Å². The van der Waals surface area contributed by atoms with E-state index in [0.717, 1.165) is 43.3 Å². The number of aromatic amines is 1. The third kappa shape index (κ3) is 2.95. The van der Waals surface area contributed by atoms with E-state index in [2.05, 4.69) is 66.2 Å². The maximum absolute atomic E-state index is 4.63. The molecule has 1 saturated heterocycles. The largest absolute Gasteiger partial charge is 0.339 e. The Morgan fingerprint density at radius 1 is 1.35 bits per heavy atom. The zero-order chi connectivity index (χ0) is 13.9. The van der Waals surface area contributed by atoms with Gasteiger partial charge in [-0.2, -0.15) is 4.98 Å². The second-order valence-corrected chi connectivity index (χ2v) is 6.29. The van der Waals surface area contributed by atoms with Gasteiger partial charge >= 0.3 is 0 Å². The third-order valence-electron chi connectivity index (χ3n) is 3.76. The first kappa shape index (κ1) is 13.8. The quantitative estimate of drug-likeness (QED) is 0.799. The van der Waals surface area contributed by atoms with Gasteiger partial charge in [0.05, 0.1) is 0 Å². The monoisotopic (exact) mass is 383 g/mol. The number of halogens is 1. The zero-order valence-corrected chi connectivity index (χ0v) is 13.6. The Morgan fingerprint density at radius 3 is 2.85 bits per heavy atom. The van der Waals surface area contributed by atoms with Crippen LogP contribution >= 0.6 is 22.6 Å². The van der Waals surface area contributed by atoms with Gasteiger partial charge in [-0.1, -0.05) is 12.1 Å². The highest BCUT2D eigenvalue weighted by Gasteiger charge is 2.20. The Morgan fingerprint density at radius 2 is 2.15 bits per heavy atom. The van der Waals surface area contributed by atoms with Crippen molar-refractivity contribution in [3.8, 4) is 11.4 Å². The molecule has 106 valence electrons. The summed E-state index contributed by atoms with van der Waals surface area (Å²) in [6.45, 7) is 2.02. The molecule has 0 radical (unpaired) electrons. The van der Waals surface area contributed by atoms with E-state index in [9.17, 15) is 0 Å². The predicted octanol–water partition coefficient (Wildman–Crippen LogP) is 2.26. The number of nitrogens with zero attached hydrogens (tertiary/aromatic N) is 3. The zero-order valence-electron chi connectivity index (χ0n) is 11.4. The Hall–Kier alpha value is -1.15. The molecule has 3 rings (SSSR count). The molecule has 0 bridgehead atoms. The number of nitrogens with one attached hydrogen (secondary N) is 2. The summed E-state index contributed by atoms with van der Waals surface area (Å²) >= 11 is 2.31. The lowest BCUT2D eigenvalue weighted by Gasteiger charge is -2.30. The second-order valence-electron chi connectivity index (χ2n) is 5.04. The molecule has 0 amide bonds. The molecule has 1 aliphatic rings. The van der Waals surface area contributed by atoms with Gasteiger partial charge in [0.15, 0.2) is 5.82 Å². The Labute approximate surface area is 132 Å². The summed E-state index contributed by atoms with van der Waals surface area (Å²) in [4.78, 5) is 6.88. The first-order valence-electron chi connectivity index (χ1n) is 6.87. The molecule has 2 aromatic rings. The van der Waals surface area contributed by atoms with Crippen LogP contribution in [-0.4, -0.2) is 41.4 Å². The van der Waals surface area contributed by atoms with Gasteiger partial charge < -0.3 is 10.2 Å². The molecule has 5 nitrogen and oxygen atoms in total. The molecule has 0 aliphatic carbocycles. The lowest BCUT2D eigenvalue weighted by Crippen LogP contribution is -2.41. The Bertz CT molecular complexity index is 574. The fourth-order valence-corrected chi connectivity index (χ4v) is 3.07. The lowest BCUT2D eigenvalue weighted by molar-refractivity contribution is 0.439. The van der Waals surface area contributed by atoms with Crippen LogP contribution in [0.5, 0.6) is 0 Å². The summed E-state index contributed by atoms with van der Waals surface area (Å²) in [5.74, 6) is 1.66.